The summed E-state index contributed by atoms with van der Waals surface area (Å²) in [7, 11) is 0. The van der Waals surface area contributed by atoms with Crippen LogP contribution in [0.1, 0.15) is 36.8 Å². The van der Waals surface area contributed by atoms with Gasteiger partial charge in [-0.2, -0.15) is 0 Å². The predicted molar refractivity (Wildman–Crippen MR) is 136 cm³/mol. The Labute approximate surface area is 208 Å². The smallest absolute Gasteiger partial charge is 0.227 e. The first-order valence-corrected chi connectivity index (χ1v) is 12.5. The maximum absolute atomic E-state index is 11.1. The molecule has 1 saturated heterocycles. The molecule has 3 heterocycles. The minimum atomic E-state index is -0.766. The van der Waals surface area contributed by atoms with Crippen molar-refractivity contribution in [3.63, 3.8) is 0 Å². The van der Waals surface area contributed by atoms with E-state index in [1.165, 1.54) is 0 Å². The Morgan fingerprint density at radius 3 is 2.73 bits per heavy atom. The molecule has 1 aromatic carbocycles. The third-order valence-corrected chi connectivity index (χ3v) is 7.38. The van der Waals surface area contributed by atoms with Crippen LogP contribution in [0.2, 0.25) is 5.02 Å². The normalized spacial score (nSPS) is 21.2. The number of allylic oxidation sites excluding steroid dienone is 6. The number of benzene rings is 1. The van der Waals surface area contributed by atoms with Crippen LogP contribution in [0, 0.1) is 0 Å². The molecule has 0 unspecified atom stereocenters. The van der Waals surface area contributed by atoms with E-state index in [4.69, 9.17) is 16.3 Å². The number of ether oxygens (including phenoxy) is 1. The lowest BCUT2D eigenvalue weighted by Gasteiger charge is -2.38. The van der Waals surface area contributed by atoms with Crippen molar-refractivity contribution in [3.05, 3.63) is 98.9 Å². The summed E-state index contributed by atoms with van der Waals surface area (Å²) in [6.45, 7) is 2.69. The Morgan fingerprint density at radius 1 is 1.15 bits per heavy atom. The van der Waals surface area contributed by atoms with Crippen LogP contribution in [0.25, 0.3) is 5.57 Å². The van der Waals surface area contributed by atoms with E-state index >= 15 is 0 Å². The first-order valence-electron chi connectivity index (χ1n) is 11.3. The number of likely N-dealkylation sites (tertiary alicyclic amines) is 1. The molecule has 1 fully saturated rings. The Hall–Kier alpha value is -2.18. The zero-order valence-electron chi connectivity index (χ0n) is 18.3. The van der Waals surface area contributed by atoms with Crippen LogP contribution < -0.4 is 4.74 Å². The van der Waals surface area contributed by atoms with Crippen LogP contribution in [0.5, 0.6) is 5.88 Å². The van der Waals surface area contributed by atoms with Crippen LogP contribution in [0.3, 0.4) is 0 Å². The minimum absolute atomic E-state index is 0.652. The van der Waals surface area contributed by atoms with Gasteiger partial charge in [-0.1, -0.05) is 45.7 Å². The van der Waals surface area contributed by atoms with Crippen molar-refractivity contribution >= 4 is 33.1 Å². The molecule has 0 spiro atoms. The van der Waals surface area contributed by atoms with Gasteiger partial charge in [-0.25, -0.2) is 4.98 Å². The molecule has 1 N–H and O–H groups in total. The molecular formula is C27H26BrClN2O2. The lowest BCUT2D eigenvalue weighted by molar-refractivity contribution is -0.0254. The summed E-state index contributed by atoms with van der Waals surface area (Å²) >= 11 is 9.62. The fraction of sp³-hybridized carbons (Fsp3) is 0.296. The standard InChI is InChI=1S/C27H26BrClN2O2/c28-22-7-10-25-20(18-22)17-19(24-4-1-13-30-26(24)33-25)3-2-14-31-15-11-27(32,12-16-31)21-5-8-23(29)9-6-21/h1,3-10,13,17,32H,2,11-12,14-16,18H2. The number of piperidine rings is 1. The molecule has 6 heteroatoms. The summed E-state index contributed by atoms with van der Waals surface area (Å²) in [6.07, 6.45) is 13.5. The van der Waals surface area contributed by atoms with Crippen LogP contribution in [-0.4, -0.2) is 34.6 Å². The molecule has 0 atom stereocenters. The van der Waals surface area contributed by atoms with Gasteiger partial charge in [0.1, 0.15) is 5.76 Å². The van der Waals surface area contributed by atoms with Gasteiger partial charge in [0.05, 0.1) is 5.60 Å². The van der Waals surface area contributed by atoms with Gasteiger partial charge in [-0.05, 0) is 77.4 Å². The number of hydrogen-bond acceptors (Lipinski definition) is 4. The summed E-state index contributed by atoms with van der Waals surface area (Å²) in [4.78, 5) is 6.90. The van der Waals surface area contributed by atoms with Crippen molar-refractivity contribution in [1.82, 2.24) is 9.88 Å². The van der Waals surface area contributed by atoms with Crippen molar-refractivity contribution in [2.24, 2.45) is 0 Å². The van der Waals surface area contributed by atoms with Gasteiger partial charge in [-0.3, -0.25) is 0 Å². The maximum Gasteiger partial charge on any atom is 0.227 e. The van der Waals surface area contributed by atoms with Crippen molar-refractivity contribution in [1.29, 1.82) is 0 Å². The number of hydrogen-bond donors (Lipinski definition) is 1. The maximum atomic E-state index is 11.1. The molecule has 1 aromatic heterocycles. The van der Waals surface area contributed by atoms with E-state index in [1.807, 2.05) is 42.5 Å². The summed E-state index contributed by atoms with van der Waals surface area (Å²) in [6, 6.07) is 11.6. The second kappa shape index (κ2) is 9.59. The number of nitrogens with zero attached hydrogens (tertiary/aromatic N) is 2. The Kier molecular flexibility index (Phi) is 6.57. The summed E-state index contributed by atoms with van der Waals surface area (Å²) in [5.74, 6) is 1.51. The van der Waals surface area contributed by atoms with E-state index in [0.29, 0.717) is 10.9 Å². The quantitative estimate of drug-likeness (QED) is 0.503. The van der Waals surface area contributed by atoms with Crippen LogP contribution in [-0.2, 0) is 5.60 Å². The minimum Gasteiger partial charge on any atom is -0.438 e. The first-order chi connectivity index (χ1) is 16.0. The van der Waals surface area contributed by atoms with E-state index in [1.54, 1.807) is 6.20 Å². The van der Waals surface area contributed by atoms with Gasteiger partial charge < -0.3 is 14.7 Å². The highest BCUT2D eigenvalue weighted by Gasteiger charge is 2.33. The zero-order valence-corrected chi connectivity index (χ0v) is 20.6. The van der Waals surface area contributed by atoms with Gasteiger partial charge in [0.15, 0.2) is 0 Å². The number of rotatable bonds is 4. The molecule has 2 aromatic rings. The lowest BCUT2D eigenvalue weighted by atomic mass is 9.84. The molecule has 33 heavy (non-hydrogen) atoms. The molecule has 0 bridgehead atoms. The third-order valence-electron chi connectivity index (χ3n) is 6.58. The van der Waals surface area contributed by atoms with E-state index in [0.717, 1.165) is 77.8 Å². The highest BCUT2D eigenvalue weighted by Crippen LogP contribution is 2.38. The molecular weight excluding hydrogens is 500 g/mol. The van der Waals surface area contributed by atoms with Crippen molar-refractivity contribution in [2.45, 2.75) is 31.3 Å². The highest BCUT2D eigenvalue weighted by atomic mass is 79.9. The third kappa shape index (κ3) is 5.02. The van der Waals surface area contributed by atoms with Crippen LogP contribution in [0.4, 0.5) is 0 Å². The average Bonchev–Trinajstić information content (AvgIpc) is 2.97. The van der Waals surface area contributed by atoms with Gasteiger partial charge in [0.25, 0.3) is 0 Å². The van der Waals surface area contributed by atoms with Crippen LogP contribution >= 0.6 is 27.5 Å². The van der Waals surface area contributed by atoms with Crippen molar-refractivity contribution in [2.75, 3.05) is 19.6 Å². The van der Waals surface area contributed by atoms with Gasteiger partial charge >= 0.3 is 0 Å². The molecule has 3 aliphatic rings. The molecule has 170 valence electrons. The molecule has 0 amide bonds. The molecule has 5 rings (SSSR count). The topological polar surface area (TPSA) is 45.6 Å². The molecule has 1 aliphatic carbocycles. The second-order valence-corrected chi connectivity index (χ2v) is 10.2. The van der Waals surface area contributed by atoms with Gasteiger partial charge in [0.2, 0.25) is 5.88 Å². The predicted octanol–water partition coefficient (Wildman–Crippen LogP) is 6.38. The number of halogens is 2. The largest absolute Gasteiger partial charge is 0.438 e. The first kappa shape index (κ1) is 22.6. The number of aliphatic hydroxyl groups is 1. The van der Waals surface area contributed by atoms with Gasteiger partial charge in [-0.15, -0.1) is 0 Å². The second-order valence-electron chi connectivity index (χ2n) is 8.78. The van der Waals surface area contributed by atoms with Gasteiger partial charge in [0, 0.05) is 48.4 Å². The molecule has 2 aliphatic heterocycles. The number of aromatic nitrogens is 1. The molecule has 0 saturated carbocycles. The van der Waals surface area contributed by atoms with E-state index in [-0.39, 0.29) is 0 Å². The summed E-state index contributed by atoms with van der Waals surface area (Å²) in [5.41, 5.74) is 3.51. The molecule has 4 nitrogen and oxygen atoms in total. The Morgan fingerprint density at radius 2 is 1.94 bits per heavy atom. The fourth-order valence-electron chi connectivity index (χ4n) is 4.65. The van der Waals surface area contributed by atoms with Crippen molar-refractivity contribution in [3.8, 4) is 5.88 Å². The lowest BCUT2D eigenvalue weighted by Crippen LogP contribution is -2.42. The van der Waals surface area contributed by atoms with Crippen LogP contribution in [0.15, 0.2) is 82.7 Å². The number of pyridine rings is 1. The van der Waals surface area contributed by atoms with E-state index in [2.05, 4.69) is 44.0 Å². The monoisotopic (exact) mass is 524 g/mol. The van der Waals surface area contributed by atoms with E-state index in [9.17, 15) is 5.11 Å². The number of fused-ring (bicyclic) bond motifs is 2. The summed E-state index contributed by atoms with van der Waals surface area (Å²) in [5, 5.41) is 11.8. The van der Waals surface area contributed by atoms with Crippen molar-refractivity contribution < 1.29 is 9.84 Å². The SMILES string of the molecule is OC1(c2ccc(Cl)cc2)CCN(CCC=C2C=C3CC(Br)=CC=C3Oc3ncccc32)CC1. The van der Waals surface area contributed by atoms with E-state index < -0.39 is 5.60 Å². The zero-order chi connectivity index (χ0) is 22.8. The Bertz CT molecular complexity index is 1160. The Balaban J connectivity index is 1.27. The summed E-state index contributed by atoms with van der Waals surface area (Å²) < 4.78 is 7.28. The highest BCUT2D eigenvalue weighted by molar-refractivity contribution is 9.11. The average molecular weight is 526 g/mol. The fourth-order valence-corrected chi connectivity index (χ4v) is 5.21. The molecule has 0 radical (unpaired) electrons.